The number of hydrogen-bond donors (Lipinski definition) is 1. The van der Waals surface area contributed by atoms with Crippen LogP contribution in [0.4, 0.5) is 5.82 Å². The maximum Gasteiger partial charge on any atom is 0.158 e. The third kappa shape index (κ3) is 2.39. The van der Waals surface area contributed by atoms with Gasteiger partial charge in [-0.15, -0.1) is 11.3 Å². The molecule has 3 aromatic rings. The Hall–Kier alpha value is -2.28. The minimum Gasteiger partial charge on any atom is -0.333 e. The van der Waals surface area contributed by atoms with E-state index in [-0.39, 0.29) is 0 Å². The number of nitrogens with zero attached hydrogens (tertiary/aromatic N) is 5. The number of fused-ring (bicyclic) bond motifs is 1. The molecule has 6 nitrogen and oxygen atoms in total. The number of hydrogen-bond acceptors (Lipinski definition) is 6. The Kier molecular flexibility index (Phi) is 3.42. The Morgan fingerprint density at radius 3 is 3.05 bits per heavy atom. The summed E-state index contributed by atoms with van der Waals surface area (Å²) in [6.07, 6.45) is 7.82. The minimum atomic E-state index is 0.719. The van der Waals surface area contributed by atoms with Crippen LogP contribution in [0.1, 0.15) is 17.6 Å². The monoisotopic (exact) mass is 286 g/mol. The molecule has 1 N–H and O–H groups in total. The van der Waals surface area contributed by atoms with Gasteiger partial charge >= 0.3 is 0 Å². The highest BCUT2D eigenvalue weighted by atomic mass is 32.1. The van der Waals surface area contributed by atoms with Gasteiger partial charge < -0.3 is 4.57 Å². The average Bonchev–Trinajstić information content (AvgIpc) is 3.05. The molecule has 20 heavy (non-hydrogen) atoms. The number of aryl methyl sites for hydroxylation is 2. The zero-order chi connectivity index (χ0) is 13.9. The summed E-state index contributed by atoms with van der Waals surface area (Å²) in [7, 11) is 1.92. The predicted molar refractivity (Wildman–Crippen MR) is 81.2 cm³/mol. The van der Waals surface area contributed by atoms with Crippen molar-refractivity contribution >= 4 is 33.6 Å². The van der Waals surface area contributed by atoms with Crippen molar-refractivity contribution < 1.29 is 0 Å². The van der Waals surface area contributed by atoms with Crippen LogP contribution in [-0.4, -0.2) is 25.7 Å². The quantitative estimate of drug-likeness (QED) is 0.591. The van der Waals surface area contributed by atoms with Crippen molar-refractivity contribution in [3.05, 3.63) is 35.5 Å². The summed E-state index contributed by atoms with van der Waals surface area (Å²) in [5, 5.41) is 5.19. The van der Waals surface area contributed by atoms with Crippen LogP contribution in [0.2, 0.25) is 0 Å². The molecule has 0 fully saturated rings. The van der Waals surface area contributed by atoms with Gasteiger partial charge in [-0.2, -0.15) is 5.10 Å². The van der Waals surface area contributed by atoms with E-state index in [2.05, 4.69) is 38.5 Å². The number of imidazole rings is 1. The fraction of sp³-hybridized carbons (Fsp3) is 0.231. The Balaban J connectivity index is 1.85. The third-order valence-corrected chi connectivity index (χ3v) is 4.13. The first-order chi connectivity index (χ1) is 9.78. The van der Waals surface area contributed by atoms with Crippen LogP contribution in [0.5, 0.6) is 0 Å². The van der Waals surface area contributed by atoms with Gasteiger partial charge in [-0.05, 0) is 12.5 Å². The lowest BCUT2D eigenvalue weighted by molar-refractivity contribution is 0.901. The third-order valence-electron chi connectivity index (χ3n) is 2.94. The van der Waals surface area contributed by atoms with Gasteiger partial charge in [0.05, 0.1) is 11.6 Å². The Morgan fingerprint density at radius 2 is 2.30 bits per heavy atom. The largest absolute Gasteiger partial charge is 0.333 e. The zero-order valence-electron chi connectivity index (χ0n) is 11.2. The Bertz CT molecular complexity index is 757. The van der Waals surface area contributed by atoms with E-state index in [9.17, 15) is 0 Å². The first kappa shape index (κ1) is 12.7. The van der Waals surface area contributed by atoms with E-state index in [1.807, 2.05) is 17.8 Å². The molecule has 0 aliphatic carbocycles. The van der Waals surface area contributed by atoms with E-state index < -0.39 is 0 Å². The van der Waals surface area contributed by atoms with Gasteiger partial charge in [0.1, 0.15) is 11.2 Å². The standard InChI is InChI=1S/C13H14N6S/c1-3-9-6-10-12(15-8-16-13(10)20-9)18-17-7-11-14-4-5-19(11)2/h4-8H,3H2,1-2H3,(H,15,16,18). The lowest BCUT2D eigenvalue weighted by Crippen LogP contribution is -1.99. The average molecular weight is 286 g/mol. The SMILES string of the molecule is CCc1cc2c(NN=Cc3nccn3C)ncnc2s1. The molecule has 0 saturated heterocycles. The molecule has 0 bridgehead atoms. The summed E-state index contributed by atoms with van der Waals surface area (Å²) in [4.78, 5) is 15.0. The molecule has 0 radical (unpaired) electrons. The highest BCUT2D eigenvalue weighted by Crippen LogP contribution is 2.28. The number of anilines is 1. The van der Waals surface area contributed by atoms with Gasteiger partial charge in [0.2, 0.25) is 0 Å². The van der Waals surface area contributed by atoms with Crippen LogP contribution in [0.3, 0.4) is 0 Å². The molecule has 0 saturated carbocycles. The molecule has 0 aliphatic rings. The summed E-state index contributed by atoms with van der Waals surface area (Å²) in [5.74, 6) is 1.50. The van der Waals surface area contributed by atoms with Crippen LogP contribution in [0.15, 0.2) is 29.9 Å². The molecule has 3 rings (SSSR count). The van der Waals surface area contributed by atoms with Crippen molar-refractivity contribution in [2.24, 2.45) is 12.1 Å². The summed E-state index contributed by atoms with van der Waals surface area (Å²) in [6.45, 7) is 2.13. The summed E-state index contributed by atoms with van der Waals surface area (Å²) < 4.78 is 1.89. The minimum absolute atomic E-state index is 0.719. The van der Waals surface area contributed by atoms with Crippen LogP contribution >= 0.6 is 11.3 Å². The van der Waals surface area contributed by atoms with Gasteiger partial charge in [-0.3, -0.25) is 5.43 Å². The molecule has 102 valence electrons. The number of hydrazone groups is 1. The molecule has 7 heteroatoms. The highest BCUT2D eigenvalue weighted by Gasteiger charge is 2.07. The molecule has 3 aromatic heterocycles. The zero-order valence-corrected chi connectivity index (χ0v) is 12.1. The van der Waals surface area contributed by atoms with E-state index in [1.54, 1.807) is 30.1 Å². The lowest BCUT2D eigenvalue weighted by atomic mass is 10.3. The van der Waals surface area contributed by atoms with Gasteiger partial charge in [0.15, 0.2) is 11.6 Å². The second-order valence-corrected chi connectivity index (χ2v) is 5.39. The lowest BCUT2D eigenvalue weighted by Gasteiger charge is -1.99. The molecule has 3 heterocycles. The van der Waals surface area contributed by atoms with E-state index in [4.69, 9.17) is 0 Å². The Labute approximate surface area is 120 Å². The van der Waals surface area contributed by atoms with Gasteiger partial charge in [-0.25, -0.2) is 15.0 Å². The second kappa shape index (κ2) is 5.38. The van der Waals surface area contributed by atoms with E-state index >= 15 is 0 Å². The number of aromatic nitrogens is 4. The first-order valence-corrected chi connectivity index (χ1v) is 7.09. The highest BCUT2D eigenvalue weighted by molar-refractivity contribution is 7.18. The molecule has 0 unspecified atom stereocenters. The molecular weight excluding hydrogens is 272 g/mol. The fourth-order valence-corrected chi connectivity index (χ4v) is 2.76. The van der Waals surface area contributed by atoms with Crippen molar-refractivity contribution in [2.75, 3.05) is 5.43 Å². The van der Waals surface area contributed by atoms with Crippen molar-refractivity contribution in [3.8, 4) is 0 Å². The molecular formula is C13H14N6S. The van der Waals surface area contributed by atoms with Crippen LogP contribution in [0.25, 0.3) is 10.2 Å². The fourth-order valence-electron chi connectivity index (χ4n) is 1.82. The van der Waals surface area contributed by atoms with Gasteiger partial charge in [-0.1, -0.05) is 6.92 Å². The van der Waals surface area contributed by atoms with Crippen LogP contribution in [-0.2, 0) is 13.5 Å². The number of rotatable bonds is 4. The van der Waals surface area contributed by atoms with Crippen molar-refractivity contribution in [2.45, 2.75) is 13.3 Å². The van der Waals surface area contributed by atoms with E-state index in [0.717, 1.165) is 28.3 Å². The van der Waals surface area contributed by atoms with Crippen LogP contribution < -0.4 is 5.43 Å². The van der Waals surface area contributed by atoms with E-state index in [1.165, 1.54) is 4.88 Å². The predicted octanol–water partition coefficient (Wildman–Crippen LogP) is 2.43. The maximum absolute atomic E-state index is 4.28. The molecule has 0 spiro atoms. The molecule has 0 aromatic carbocycles. The van der Waals surface area contributed by atoms with E-state index in [0.29, 0.717) is 0 Å². The summed E-state index contributed by atoms with van der Waals surface area (Å²) in [5.41, 5.74) is 2.96. The summed E-state index contributed by atoms with van der Waals surface area (Å²) in [6, 6.07) is 2.11. The maximum atomic E-state index is 4.28. The van der Waals surface area contributed by atoms with Crippen molar-refractivity contribution in [1.29, 1.82) is 0 Å². The number of thiophene rings is 1. The summed E-state index contributed by atoms with van der Waals surface area (Å²) >= 11 is 1.69. The normalized spacial score (nSPS) is 11.5. The van der Waals surface area contributed by atoms with Gasteiger partial charge in [0, 0.05) is 24.3 Å². The topological polar surface area (TPSA) is 68.0 Å². The smallest absolute Gasteiger partial charge is 0.158 e. The molecule has 0 atom stereocenters. The molecule has 0 amide bonds. The Morgan fingerprint density at radius 1 is 1.40 bits per heavy atom. The van der Waals surface area contributed by atoms with Crippen molar-refractivity contribution in [3.63, 3.8) is 0 Å². The first-order valence-electron chi connectivity index (χ1n) is 6.27. The van der Waals surface area contributed by atoms with Crippen molar-refractivity contribution in [1.82, 2.24) is 19.5 Å². The second-order valence-electron chi connectivity index (χ2n) is 4.27. The van der Waals surface area contributed by atoms with Crippen LogP contribution in [0, 0.1) is 0 Å². The van der Waals surface area contributed by atoms with Gasteiger partial charge in [0.25, 0.3) is 0 Å². The number of nitrogens with one attached hydrogen (secondary N) is 1. The molecule has 0 aliphatic heterocycles.